The fraction of sp³-hybridized carbons (Fsp3) is 0.143. The van der Waals surface area contributed by atoms with E-state index in [1.54, 1.807) is 0 Å². The SMILES string of the molecule is COc1cc(Br)c(O)cc1F.COc1ccc(O)cc1F. The molecule has 0 aliphatic carbocycles. The van der Waals surface area contributed by atoms with Crippen LogP contribution >= 0.6 is 15.9 Å². The highest BCUT2D eigenvalue weighted by atomic mass is 79.9. The molecule has 114 valence electrons. The van der Waals surface area contributed by atoms with Crippen LogP contribution in [-0.2, 0) is 0 Å². The molecule has 4 nitrogen and oxygen atoms in total. The van der Waals surface area contributed by atoms with Crippen LogP contribution in [0.2, 0.25) is 0 Å². The summed E-state index contributed by atoms with van der Waals surface area (Å²) in [6.45, 7) is 0. The Morgan fingerprint density at radius 2 is 1.48 bits per heavy atom. The Morgan fingerprint density at radius 1 is 0.905 bits per heavy atom. The lowest BCUT2D eigenvalue weighted by molar-refractivity contribution is 0.381. The summed E-state index contributed by atoms with van der Waals surface area (Å²) in [7, 11) is 2.73. The van der Waals surface area contributed by atoms with E-state index >= 15 is 0 Å². The molecule has 0 fully saturated rings. The van der Waals surface area contributed by atoms with E-state index < -0.39 is 11.6 Å². The van der Waals surface area contributed by atoms with Gasteiger partial charge in [0.25, 0.3) is 0 Å². The van der Waals surface area contributed by atoms with Crippen molar-refractivity contribution in [2.75, 3.05) is 14.2 Å². The first kappa shape index (κ1) is 17.0. The Morgan fingerprint density at radius 3 is 2.00 bits per heavy atom. The Bertz CT molecular complexity index is 620. The molecule has 0 aromatic heterocycles. The number of halogens is 3. The van der Waals surface area contributed by atoms with E-state index in [4.69, 9.17) is 10.2 Å². The van der Waals surface area contributed by atoms with Gasteiger partial charge in [0.2, 0.25) is 0 Å². The van der Waals surface area contributed by atoms with Gasteiger partial charge in [0.1, 0.15) is 11.5 Å². The molecule has 2 N–H and O–H groups in total. The van der Waals surface area contributed by atoms with Crippen LogP contribution in [0, 0.1) is 11.6 Å². The molecule has 0 saturated heterocycles. The molecule has 0 saturated carbocycles. The quantitative estimate of drug-likeness (QED) is 0.851. The van der Waals surface area contributed by atoms with Crippen LogP contribution in [0.1, 0.15) is 0 Å². The summed E-state index contributed by atoms with van der Waals surface area (Å²) in [6, 6.07) is 6.08. The number of hydrogen-bond donors (Lipinski definition) is 2. The van der Waals surface area contributed by atoms with E-state index in [1.165, 1.54) is 32.4 Å². The summed E-state index contributed by atoms with van der Waals surface area (Å²) in [6.07, 6.45) is 0. The molecule has 0 radical (unpaired) electrons. The van der Waals surface area contributed by atoms with Gasteiger partial charge in [-0.2, -0.15) is 0 Å². The first-order valence-electron chi connectivity index (χ1n) is 5.63. The standard InChI is InChI=1S/C7H6BrFO2.C7H7FO2/c1-11-7-2-4(8)6(10)3-5(7)9;1-10-7-3-2-5(9)4-6(7)8/h2-3,10H,1H3;2-4,9H,1H3. The van der Waals surface area contributed by atoms with Crippen molar-refractivity contribution in [3.05, 3.63) is 46.4 Å². The molecule has 7 heteroatoms. The molecule has 2 aromatic carbocycles. The smallest absolute Gasteiger partial charge is 0.168 e. The van der Waals surface area contributed by atoms with Crippen LogP contribution in [0.15, 0.2) is 34.8 Å². The predicted octanol–water partition coefficient (Wildman–Crippen LogP) is 3.84. The number of phenols is 2. The zero-order valence-electron chi connectivity index (χ0n) is 11.2. The first-order chi connectivity index (χ1) is 9.88. The molecule has 0 bridgehead atoms. The molecular formula is C14H13BrF2O4. The summed E-state index contributed by atoms with van der Waals surface area (Å²) in [5.41, 5.74) is 0. The minimum Gasteiger partial charge on any atom is -0.508 e. The predicted molar refractivity (Wildman–Crippen MR) is 76.9 cm³/mol. The van der Waals surface area contributed by atoms with E-state index in [0.717, 1.165) is 12.1 Å². The summed E-state index contributed by atoms with van der Waals surface area (Å²) in [5, 5.41) is 17.7. The average molecular weight is 363 g/mol. The van der Waals surface area contributed by atoms with Gasteiger partial charge < -0.3 is 19.7 Å². The van der Waals surface area contributed by atoms with Crippen molar-refractivity contribution in [1.29, 1.82) is 0 Å². The second-order valence-corrected chi connectivity index (χ2v) is 4.61. The maximum Gasteiger partial charge on any atom is 0.168 e. The van der Waals surface area contributed by atoms with Crippen molar-refractivity contribution in [2.45, 2.75) is 0 Å². The van der Waals surface area contributed by atoms with E-state index in [-0.39, 0.29) is 23.0 Å². The number of methoxy groups -OCH3 is 2. The fourth-order valence-electron chi connectivity index (χ4n) is 1.33. The van der Waals surface area contributed by atoms with Crippen molar-refractivity contribution in [3.8, 4) is 23.0 Å². The summed E-state index contributed by atoms with van der Waals surface area (Å²) >= 11 is 3.02. The van der Waals surface area contributed by atoms with Gasteiger partial charge >= 0.3 is 0 Å². The van der Waals surface area contributed by atoms with Crippen LogP contribution < -0.4 is 9.47 Å². The Balaban J connectivity index is 0.000000211. The molecule has 2 aromatic rings. The lowest BCUT2D eigenvalue weighted by Crippen LogP contribution is -1.87. The number of hydrogen-bond acceptors (Lipinski definition) is 4. The van der Waals surface area contributed by atoms with E-state index in [0.29, 0.717) is 4.47 Å². The molecule has 0 unspecified atom stereocenters. The van der Waals surface area contributed by atoms with Crippen molar-refractivity contribution < 1.29 is 28.5 Å². The molecule has 0 amide bonds. The molecule has 0 aliphatic rings. The second-order valence-electron chi connectivity index (χ2n) is 3.76. The topological polar surface area (TPSA) is 58.9 Å². The second kappa shape index (κ2) is 7.68. The highest BCUT2D eigenvalue weighted by Crippen LogP contribution is 2.30. The van der Waals surface area contributed by atoms with Gasteiger partial charge in [-0.1, -0.05) is 0 Å². The average Bonchev–Trinajstić information content (AvgIpc) is 2.44. The lowest BCUT2D eigenvalue weighted by Gasteiger charge is -2.02. The van der Waals surface area contributed by atoms with Gasteiger partial charge in [-0.05, 0) is 28.1 Å². The summed E-state index contributed by atoms with van der Waals surface area (Å²) in [5.74, 6) is -1.12. The van der Waals surface area contributed by atoms with Gasteiger partial charge in [-0.15, -0.1) is 0 Å². The van der Waals surface area contributed by atoms with Crippen LogP contribution in [0.3, 0.4) is 0 Å². The maximum atomic E-state index is 12.7. The first-order valence-corrected chi connectivity index (χ1v) is 6.42. The summed E-state index contributed by atoms with van der Waals surface area (Å²) in [4.78, 5) is 0. The number of rotatable bonds is 2. The molecule has 21 heavy (non-hydrogen) atoms. The van der Waals surface area contributed by atoms with Crippen molar-refractivity contribution in [2.24, 2.45) is 0 Å². The minimum absolute atomic E-state index is 0.0988. The Hall–Kier alpha value is -2.02. The lowest BCUT2D eigenvalue weighted by atomic mass is 10.3. The third kappa shape index (κ3) is 4.78. The normalized spacial score (nSPS) is 9.57. The van der Waals surface area contributed by atoms with Crippen LogP contribution in [-0.4, -0.2) is 24.4 Å². The minimum atomic E-state index is -0.576. The van der Waals surface area contributed by atoms with E-state index in [2.05, 4.69) is 25.4 Å². The van der Waals surface area contributed by atoms with Gasteiger partial charge in [0.15, 0.2) is 23.1 Å². The molecule has 0 spiro atoms. The van der Waals surface area contributed by atoms with Gasteiger partial charge in [-0.25, -0.2) is 8.78 Å². The van der Waals surface area contributed by atoms with Crippen LogP contribution in [0.5, 0.6) is 23.0 Å². The zero-order chi connectivity index (χ0) is 16.0. The van der Waals surface area contributed by atoms with Crippen LogP contribution in [0.25, 0.3) is 0 Å². The third-order valence-corrected chi connectivity index (χ3v) is 2.99. The van der Waals surface area contributed by atoms with Gasteiger partial charge in [0, 0.05) is 18.2 Å². The molecule has 0 atom stereocenters. The van der Waals surface area contributed by atoms with Gasteiger partial charge in [0.05, 0.1) is 18.7 Å². The number of aromatic hydroxyl groups is 2. The highest BCUT2D eigenvalue weighted by Gasteiger charge is 2.06. The van der Waals surface area contributed by atoms with Crippen molar-refractivity contribution in [3.63, 3.8) is 0 Å². The maximum absolute atomic E-state index is 12.7. The fourth-order valence-corrected chi connectivity index (χ4v) is 1.65. The molecule has 2 rings (SSSR count). The largest absolute Gasteiger partial charge is 0.508 e. The molecular weight excluding hydrogens is 350 g/mol. The van der Waals surface area contributed by atoms with Crippen molar-refractivity contribution >= 4 is 15.9 Å². The monoisotopic (exact) mass is 362 g/mol. The molecule has 0 heterocycles. The number of phenolic OH excluding ortho intramolecular Hbond substituents is 2. The zero-order valence-corrected chi connectivity index (χ0v) is 12.8. The van der Waals surface area contributed by atoms with E-state index in [9.17, 15) is 8.78 Å². The highest BCUT2D eigenvalue weighted by molar-refractivity contribution is 9.10. The Labute approximate surface area is 128 Å². The van der Waals surface area contributed by atoms with Gasteiger partial charge in [-0.3, -0.25) is 0 Å². The number of ether oxygens (including phenoxy) is 2. The van der Waals surface area contributed by atoms with Crippen LogP contribution in [0.4, 0.5) is 8.78 Å². The third-order valence-electron chi connectivity index (χ3n) is 2.36. The van der Waals surface area contributed by atoms with E-state index in [1.807, 2.05) is 0 Å². The van der Waals surface area contributed by atoms with Crippen molar-refractivity contribution in [1.82, 2.24) is 0 Å². The number of benzene rings is 2. The molecule has 0 aliphatic heterocycles. The Kier molecular flexibility index (Phi) is 6.23. The summed E-state index contributed by atoms with van der Waals surface area (Å²) < 4.78 is 35.0.